The molecule has 0 bridgehead atoms. The Hall–Kier alpha value is -2.93. The molecule has 27 heavy (non-hydrogen) atoms. The minimum absolute atomic E-state index is 0.0753. The van der Waals surface area contributed by atoms with E-state index in [-0.39, 0.29) is 17.5 Å². The first-order chi connectivity index (χ1) is 13.0. The van der Waals surface area contributed by atoms with Gasteiger partial charge in [-0.25, -0.2) is 9.97 Å². The second-order valence-corrected chi connectivity index (χ2v) is 7.35. The van der Waals surface area contributed by atoms with E-state index in [1.54, 1.807) is 12.4 Å². The van der Waals surface area contributed by atoms with Crippen LogP contribution in [0.4, 0.5) is 17.3 Å². The van der Waals surface area contributed by atoms with E-state index in [4.69, 9.17) is 5.73 Å². The molecule has 1 atom stereocenters. The predicted octanol–water partition coefficient (Wildman–Crippen LogP) is 2.72. The third kappa shape index (κ3) is 3.50. The van der Waals surface area contributed by atoms with Crippen LogP contribution in [0, 0.1) is 0 Å². The van der Waals surface area contributed by atoms with Crippen molar-refractivity contribution in [3.05, 3.63) is 52.6 Å². The normalized spacial score (nSPS) is 17.0. The number of fused-ring (bicyclic) bond motifs is 1. The number of pyridine rings is 1. The third-order valence-corrected chi connectivity index (χ3v) is 4.97. The largest absolute Gasteiger partial charge is 0.370 e. The zero-order chi connectivity index (χ0) is 19.0. The van der Waals surface area contributed by atoms with Gasteiger partial charge in [0.25, 0.3) is 5.56 Å². The third-order valence-electron chi connectivity index (χ3n) is 4.97. The minimum atomic E-state index is -0.102. The maximum atomic E-state index is 12.2. The number of aromatic amines is 1. The van der Waals surface area contributed by atoms with Gasteiger partial charge in [-0.1, -0.05) is 13.8 Å². The number of H-pyrrole nitrogens is 1. The summed E-state index contributed by atoms with van der Waals surface area (Å²) >= 11 is 0. The second-order valence-electron chi connectivity index (χ2n) is 7.35. The van der Waals surface area contributed by atoms with Crippen LogP contribution in [0.15, 0.2) is 41.5 Å². The lowest BCUT2D eigenvalue weighted by Crippen LogP contribution is -2.26. The summed E-state index contributed by atoms with van der Waals surface area (Å²) in [6.45, 7) is 5.87. The van der Waals surface area contributed by atoms with Crippen LogP contribution in [0.3, 0.4) is 0 Å². The maximum Gasteiger partial charge on any atom is 0.253 e. The van der Waals surface area contributed by atoms with Crippen molar-refractivity contribution in [3.63, 3.8) is 0 Å². The van der Waals surface area contributed by atoms with E-state index in [9.17, 15) is 4.79 Å². The monoisotopic (exact) mass is 364 g/mol. The van der Waals surface area contributed by atoms with Crippen molar-refractivity contribution in [1.82, 2.24) is 15.0 Å². The van der Waals surface area contributed by atoms with Crippen molar-refractivity contribution in [2.45, 2.75) is 32.2 Å². The Morgan fingerprint density at radius 2 is 2.07 bits per heavy atom. The van der Waals surface area contributed by atoms with E-state index in [2.05, 4.69) is 37.3 Å². The van der Waals surface area contributed by atoms with E-state index in [0.29, 0.717) is 17.0 Å². The van der Waals surface area contributed by atoms with E-state index in [1.165, 1.54) is 5.69 Å². The van der Waals surface area contributed by atoms with Gasteiger partial charge in [-0.05, 0) is 36.6 Å². The fourth-order valence-corrected chi connectivity index (χ4v) is 3.54. The Balaban J connectivity index is 1.60. The highest BCUT2D eigenvalue weighted by Crippen LogP contribution is 2.24. The molecule has 140 valence electrons. The van der Waals surface area contributed by atoms with Gasteiger partial charge in [0.1, 0.15) is 0 Å². The number of rotatable bonds is 4. The summed E-state index contributed by atoms with van der Waals surface area (Å²) in [4.78, 5) is 26.2. The summed E-state index contributed by atoms with van der Waals surface area (Å²) in [6, 6.07) is 8.42. The van der Waals surface area contributed by atoms with Crippen LogP contribution in [-0.4, -0.2) is 34.1 Å². The number of benzene rings is 1. The van der Waals surface area contributed by atoms with Crippen LogP contribution < -0.4 is 21.5 Å². The molecule has 0 spiro atoms. The van der Waals surface area contributed by atoms with Crippen LogP contribution >= 0.6 is 0 Å². The Morgan fingerprint density at radius 1 is 1.30 bits per heavy atom. The lowest BCUT2D eigenvalue weighted by atomic mass is 10.0. The number of nitrogens with zero attached hydrogens (tertiary/aromatic N) is 3. The zero-order valence-electron chi connectivity index (χ0n) is 15.6. The number of nitrogens with one attached hydrogen (secondary N) is 2. The average molecular weight is 364 g/mol. The molecule has 1 aliphatic rings. The summed E-state index contributed by atoms with van der Waals surface area (Å²) in [5.41, 5.74) is 9.32. The maximum absolute atomic E-state index is 12.2. The van der Waals surface area contributed by atoms with Gasteiger partial charge in [-0.3, -0.25) is 4.79 Å². The van der Waals surface area contributed by atoms with Crippen molar-refractivity contribution < 1.29 is 0 Å². The number of hydrogen-bond donors (Lipinski definition) is 3. The average Bonchev–Trinajstić information content (AvgIpc) is 3.08. The van der Waals surface area contributed by atoms with E-state index in [1.807, 2.05) is 26.0 Å². The van der Waals surface area contributed by atoms with Crippen LogP contribution in [0.2, 0.25) is 0 Å². The van der Waals surface area contributed by atoms with Crippen molar-refractivity contribution in [3.8, 4) is 0 Å². The quantitative estimate of drug-likeness (QED) is 0.658. The summed E-state index contributed by atoms with van der Waals surface area (Å²) in [7, 11) is 0. The van der Waals surface area contributed by atoms with Crippen LogP contribution in [0.25, 0.3) is 10.9 Å². The molecule has 3 heterocycles. The molecule has 1 aromatic carbocycles. The zero-order valence-corrected chi connectivity index (χ0v) is 15.6. The number of nitrogens with two attached hydrogens (primary N) is 1. The minimum Gasteiger partial charge on any atom is -0.370 e. The van der Waals surface area contributed by atoms with Gasteiger partial charge in [0, 0.05) is 53.8 Å². The van der Waals surface area contributed by atoms with Crippen molar-refractivity contribution in [1.29, 1.82) is 0 Å². The molecule has 2 aromatic heterocycles. The van der Waals surface area contributed by atoms with Crippen LogP contribution in [0.5, 0.6) is 0 Å². The molecule has 0 radical (unpaired) electrons. The van der Waals surface area contributed by atoms with Gasteiger partial charge in [0.05, 0.1) is 5.52 Å². The molecule has 1 aliphatic heterocycles. The van der Waals surface area contributed by atoms with Gasteiger partial charge in [-0.15, -0.1) is 0 Å². The van der Waals surface area contributed by atoms with Crippen molar-refractivity contribution >= 4 is 28.2 Å². The second kappa shape index (κ2) is 7.00. The number of anilines is 3. The van der Waals surface area contributed by atoms with E-state index >= 15 is 0 Å². The highest BCUT2D eigenvalue weighted by molar-refractivity contribution is 5.81. The molecule has 0 saturated carbocycles. The fourth-order valence-electron chi connectivity index (χ4n) is 3.54. The van der Waals surface area contributed by atoms with Crippen LogP contribution in [0.1, 0.15) is 31.7 Å². The Morgan fingerprint density at radius 3 is 2.74 bits per heavy atom. The highest BCUT2D eigenvalue weighted by Gasteiger charge is 2.19. The molecule has 3 aromatic rings. The molecule has 7 nitrogen and oxygen atoms in total. The molecule has 1 fully saturated rings. The van der Waals surface area contributed by atoms with Crippen LogP contribution in [-0.2, 0) is 0 Å². The SMILES string of the molecule is CC(C)c1c(=O)[nH]cc2cnc(Nc3ccc(N4CCC(N)C4)cc3)nc12. The van der Waals surface area contributed by atoms with Gasteiger partial charge in [-0.2, -0.15) is 0 Å². The predicted molar refractivity (Wildman–Crippen MR) is 109 cm³/mol. The molecule has 0 amide bonds. The highest BCUT2D eigenvalue weighted by atomic mass is 16.1. The fraction of sp³-hybridized carbons (Fsp3) is 0.350. The Bertz CT molecular complexity index is 1010. The lowest BCUT2D eigenvalue weighted by Gasteiger charge is -2.18. The smallest absolute Gasteiger partial charge is 0.253 e. The van der Waals surface area contributed by atoms with E-state index in [0.717, 1.165) is 30.6 Å². The van der Waals surface area contributed by atoms with Gasteiger partial charge in [0.2, 0.25) is 5.95 Å². The topological polar surface area (TPSA) is 99.9 Å². The number of hydrogen-bond acceptors (Lipinski definition) is 6. The Labute approximate surface area is 157 Å². The first-order valence-corrected chi connectivity index (χ1v) is 9.27. The lowest BCUT2D eigenvalue weighted by molar-refractivity contribution is 0.752. The molecule has 1 unspecified atom stereocenters. The van der Waals surface area contributed by atoms with E-state index < -0.39 is 0 Å². The summed E-state index contributed by atoms with van der Waals surface area (Å²) < 4.78 is 0. The van der Waals surface area contributed by atoms with Gasteiger partial charge >= 0.3 is 0 Å². The van der Waals surface area contributed by atoms with Crippen molar-refractivity contribution in [2.24, 2.45) is 5.73 Å². The van der Waals surface area contributed by atoms with Gasteiger partial charge < -0.3 is 20.9 Å². The summed E-state index contributed by atoms with van der Waals surface area (Å²) in [5, 5.41) is 4.05. The summed E-state index contributed by atoms with van der Waals surface area (Å²) in [5.74, 6) is 0.553. The molecule has 0 aliphatic carbocycles. The van der Waals surface area contributed by atoms with Crippen molar-refractivity contribution in [2.75, 3.05) is 23.3 Å². The Kier molecular flexibility index (Phi) is 4.53. The first-order valence-electron chi connectivity index (χ1n) is 9.27. The molecule has 1 saturated heterocycles. The number of aromatic nitrogens is 3. The van der Waals surface area contributed by atoms with Gasteiger partial charge in [0.15, 0.2) is 0 Å². The standard InChI is InChI=1S/C20H24N6O/c1-12(2)17-18-13(9-22-19(17)27)10-23-20(25-18)24-15-3-5-16(6-4-15)26-8-7-14(21)11-26/h3-6,9-10,12,14H,7-8,11,21H2,1-2H3,(H,22,27)(H,23,24,25). The first kappa shape index (κ1) is 17.5. The molecule has 4 N–H and O–H groups in total. The molecular formula is C20H24N6O. The molecule has 7 heteroatoms. The molecular weight excluding hydrogens is 340 g/mol. The molecule has 4 rings (SSSR count). The summed E-state index contributed by atoms with van der Waals surface area (Å²) in [6.07, 6.45) is 4.41.